The third-order valence-electron chi connectivity index (χ3n) is 5.84. The summed E-state index contributed by atoms with van der Waals surface area (Å²) >= 11 is 5.98. The van der Waals surface area contributed by atoms with Crippen molar-refractivity contribution in [3.05, 3.63) is 110 Å². The topological polar surface area (TPSA) is 141 Å². The van der Waals surface area contributed by atoms with Crippen molar-refractivity contribution >= 4 is 39.0 Å². The van der Waals surface area contributed by atoms with Gasteiger partial charge in [-0.15, -0.1) is 0 Å². The average molecular weight is 620 g/mol. The Kier molecular flexibility index (Phi) is 9.07. The molecule has 0 unspecified atom stereocenters. The molecule has 4 aromatic rings. The van der Waals surface area contributed by atoms with E-state index in [0.717, 1.165) is 29.0 Å². The molecule has 0 saturated carbocycles. The minimum Gasteiger partial charge on any atom is -0.436 e. The van der Waals surface area contributed by atoms with Crippen LogP contribution in [0.1, 0.15) is 12.5 Å². The Labute approximate surface area is 243 Å². The van der Waals surface area contributed by atoms with E-state index in [1.54, 1.807) is 24.3 Å². The number of nitrogens with one attached hydrogen (secondary N) is 2. The monoisotopic (exact) mass is 619 g/mol. The van der Waals surface area contributed by atoms with Crippen molar-refractivity contribution in [2.24, 2.45) is 5.92 Å². The summed E-state index contributed by atoms with van der Waals surface area (Å²) in [6, 6.07) is 15.5. The average Bonchev–Trinajstić information content (AvgIpc) is 2.92. The maximum Gasteiger partial charge on any atom is 0.332 e. The van der Waals surface area contributed by atoms with Crippen molar-refractivity contribution in [1.82, 2.24) is 18.8 Å². The van der Waals surface area contributed by atoms with Crippen LogP contribution in [0.4, 0.5) is 20.3 Å². The summed E-state index contributed by atoms with van der Waals surface area (Å²) in [5.41, 5.74) is -0.406. The first-order valence-electron chi connectivity index (χ1n) is 12.3. The molecule has 2 aromatic heterocycles. The molecule has 4 rings (SSSR count). The Morgan fingerprint density at radius 3 is 2.33 bits per heavy atom. The zero-order valence-electron chi connectivity index (χ0n) is 22.2. The highest BCUT2D eigenvalue weighted by Gasteiger charge is 2.21. The fraction of sp³-hybridized carbons (Fsp3) is 0.185. The maximum absolute atomic E-state index is 13.9. The molecule has 11 nitrogen and oxygen atoms in total. The zero-order valence-corrected chi connectivity index (χ0v) is 23.7. The molecule has 1 atom stereocenters. The summed E-state index contributed by atoms with van der Waals surface area (Å²) < 4.78 is 59.4. The van der Waals surface area contributed by atoms with E-state index in [1.807, 2.05) is 4.72 Å². The lowest BCUT2D eigenvalue weighted by Crippen LogP contribution is -2.44. The Morgan fingerprint density at radius 1 is 1.02 bits per heavy atom. The Bertz CT molecular complexity index is 1850. The van der Waals surface area contributed by atoms with Crippen molar-refractivity contribution in [2.75, 3.05) is 11.6 Å². The number of hydrogen-bond acceptors (Lipinski definition) is 8. The van der Waals surface area contributed by atoms with Crippen LogP contribution in [-0.4, -0.2) is 34.7 Å². The fourth-order valence-corrected chi connectivity index (χ4v) is 4.48. The molecule has 0 bridgehead atoms. The second-order valence-electron chi connectivity index (χ2n) is 9.29. The first-order chi connectivity index (χ1) is 19.8. The lowest BCUT2D eigenvalue weighted by Gasteiger charge is -2.18. The molecule has 2 aromatic carbocycles. The number of pyridine rings is 1. The number of carbonyl (C=O) groups excluding carboxylic acids is 1. The van der Waals surface area contributed by atoms with Crippen LogP contribution >= 0.6 is 11.6 Å². The predicted molar refractivity (Wildman–Crippen MR) is 152 cm³/mol. The Balaban J connectivity index is 1.65. The summed E-state index contributed by atoms with van der Waals surface area (Å²) in [6.07, 6.45) is 0.818. The predicted octanol–water partition coefficient (Wildman–Crippen LogP) is 3.63. The van der Waals surface area contributed by atoms with Gasteiger partial charge in [-0.1, -0.05) is 30.7 Å². The van der Waals surface area contributed by atoms with Crippen LogP contribution in [0.3, 0.4) is 0 Å². The molecule has 0 aliphatic heterocycles. The molecule has 0 fully saturated rings. The third-order valence-corrected chi connectivity index (χ3v) is 6.67. The standard InChI is InChI=1S/C27H24ClF2N5O6S/c1-16(25(37)33-42(2,39)40)14-35-24(36)13-23(34(27(35)38)15-17-3-5-18(28)6-4-17)31-19-7-9-20(10-8-19)41-26-21(29)11-12-22(30)32-26/h3-13,16,31H,14-15H2,1-2H3,(H,33,37)/t16-/m0/s1. The van der Waals surface area contributed by atoms with E-state index in [0.29, 0.717) is 16.3 Å². The highest BCUT2D eigenvalue weighted by Crippen LogP contribution is 2.25. The van der Waals surface area contributed by atoms with Crippen LogP contribution in [0.2, 0.25) is 5.02 Å². The molecule has 15 heteroatoms. The summed E-state index contributed by atoms with van der Waals surface area (Å²) in [6.45, 7) is 1.02. The largest absolute Gasteiger partial charge is 0.436 e. The zero-order chi connectivity index (χ0) is 30.6. The minimum atomic E-state index is -3.84. The number of amides is 1. The van der Waals surface area contributed by atoms with Crippen molar-refractivity contribution in [1.29, 1.82) is 0 Å². The van der Waals surface area contributed by atoms with Crippen LogP contribution in [-0.2, 0) is 27.9 Å². The van der Waals surface area contributed by atoms with Gasteiger partial charge in [-0.3, -0.25) is 23.4 Å². The number of benzene rings is 2. The number of anilines is 2. The first kappa shape index (κ1) is 30.4. The molecule has 0 aliphatic rings. The van der Waals surface area contributed by atoms with Gasteiger partial charge in [0.15, 0.2) is 5.82 Å². The SMILES string of the molecule is C[C@@H](Cn1c(=O)cc(Nc2ccc(Oc3nc(F)ccc3F)cc2)n(Cc2ccc(Cl)cc2)c1=O)C(=O)NS(C)(=O)=O. The molecule has 0 saturated heterocycles. The lowest BCUT2D eigenvalue weighted by atomic mass is 10.1. The number of halogens is 3. The minimum absolute atomic E-state index is 0.00818. The van der Waals surface area contributed by atoms with Gasteiger partial charge in [-0.05, 0) is 54.1 Å². The number of rotatable bonds is 10. The Hall–Kier alpha value is -4.56. The van der Waals surface area contributed by atoms with Crippen molar-refractivity contribution in [3.8, 4) is 11.6 Å². The number of carbonyl (C=O) groups is 1. The summed E-state index contributed by atoms with van der Waals surface area (Å²) in [7, 11) is -3.84. The highest BCUT2D eigenvalue weighted by molar-refractivity contribution is 7.89. The third kappa shape index (κ3) is 7.79. The van der Waals surface area contributed by atoms with Crippen molar-refractivity contribution in [2.45, 2.75) is 20.0 Å². The van der Waals surface area contributed by atoms with Gasteiger partial charge in [0.25, 0.3) is 11.4 Å². The van der Waals surface area contributed by atoms with Crippen LogP contribution < -0.4 is 26.0 Å². The van der Waals surface area contributed by atoms with Gasteiger partial charge in [-0.25, -0.2) is 17.6 Å². The van der Waals surface area contributed by atoms with Gasteiger partial charge >= 0.3 is 5.69 Å². The second-order valence-corrected chi connectivity index (χ2v) is 11.5. The van der Waals surface area contributed by atoms with Crippen LogP contribution in [0, 0.1) is 17.7 Å². The van der Waals surface area contributed by atoms with Gasteiger partial charge in [0.05, 0.1) is 18.7 Å². The quantitative estimate of drug-likeness (QED) is 0.256. The van der Waals surface area contributed by atoms with E-state index in [4.69, 9.17) is 16.3 Å². The summed E-state index contributed by atoms with van der Waals surface area (Å²) in [4.78, 5) is 42.2. The molecule has 0 spiro atoms. The molecule has 220 valence electrons. The molecule has 0 radical (unpaired) electrons. The summed E-state index contributed by atoms with van der Waals surface area (Å²) in [5.74, 6) is -3.96. The van der Waals surface area contributed by atoms with Gasteiger partial charge in [0, 0.05) is 23.3 Å². The van der Waals surface area contributed by atoms with Gasteiger partial charge in [0.1, 0.15) is 11.6 Å². The van der Waals surface area contributed by atoms with E-state index in [1.165, 1.54) is 35.8 Å². The van der Waals surface area contributed by atoms with E-state index in [9.17, 15) is 31.6 Å². The molecule has 0 aliphatic carbocycles. The number of hydrogen-bond donors (Lipinski definition) is 2. The molecule has 2 N–H and O–H groups in total. The molecular formula is C27H24ClF2N5O6S. The smallest absolute Gasteiger partial charge is 0.332 e. The van der Waals surface area contributed by atoms with E-state index in [-0.39, 0.29) is 24.7 Å². The first-order valence-corrected chi connectivity index (χ1v) is 14.5. The van der Waals surface area contributed by atoms with Gasteiger partial charge in [0.2, 0.25) is 21.9 Å². The van der Waals surface area contributed by atoms with Crippen LogP contribution in [0.5, 0.6) is 11.6 Å². The summed E-state index contributed by atoms with van der Waals surface area (Å²) in [5, 5.41) is 3.47. The lowest BCUT2D eigenvalue weighted by molar-refractivity contribution is -0.123. The number of sulfonamides is 1. The van der Waals surface area contributed by atoms with Crippen LogP contribution in [0.15, 0.2) is 76.3 Å². The van der Waals surface area contributed by atoms with E-state index >= 15 is 0 Å². The van der Waals surface area contributed by atoms with Crippen LogP contribution in [0.25, 0.3) is 0 Å². The normalized spacial score (nSPS) is 12.0. The highest BCUT2D eigenvalue weighted by atomic mass is 35.5. The van der Waals surface area contributed by atoms with Gasteiger partial charge < -0.3 is 10.1 Å². The van der Waals surface area contributed by atoms with Gasteiger partial charge in [-0.2, -0.15) is 9.37 Å². The second kappa shape index (κ2) is 12.5. The van der Waals surface area contributed by atoms with Crippen molar-refractivity contribution in [3.63, 3.8) is 0 Å². The number of ether oxygens (including phenoxy) is 1. The van der Waals surface area contributed by atoms with E-state index < -0.39 is 50.7 Å². The maximum atomic E-state index is 13.9. The fourth-order valence-electron chi connectivity index (χ4n) is 3.79. The number of nitrogens with zero attached hydrogens (tertiary/aromatic N) is 3. The van der Waals surface area contributed by atoms with E-state index in [2.05, 4.69) is 10.3 Å². The molecule has 1 amide bonds. The Morgan fingerprint density at radius 2 is 1.69 bits per heavy atom. The molecular weight excluding hydrogens is 596 g/mol. The number of aromatic nitrogens is 3. The molecule has 42 heavy (non-hydrogen) atoms. The molecule has 2 heterocycles. The van der Waals surface area contributed by atoms with Crippen molar-refractivity contribution < 1.29 is 26.7 Å².